The van der Waals surface area contributed by atoms with Crippen LogP contribution in [0.25, 0.3) is 10.9 Å². The van der Waals surface area contributed by atoms with Crippen molar-refractivity contribution in [3.05, 3.63) is 30.5 Å². The molecule has 0 radical (unpaired) electrons. The van der Waals surface area contributed by atoms with Crippen LogP contribution in [0.1, 0.15) is 12.8 Å². The fourth-order valence-corrected chi connectivity index (χ4v) is 3.55. The molecule has 3 rings (SSSR count). The Bertz CT molecular complexity index is 802. The van der Waals surface area contributed by atoms with Gasteiger partial charge in [-0.1, -0.05) is 0 Å². The number of rotatable bonds is 5. The van der Waals surface area contributed by atoms with Gasteiger partial charge in [0.15, 0.2) is 5.75 Å². The number of alkyl halides is 2. The Morgan fingerprint density at radius 3 is 3.00 bits per heavy atom. The zero-order valence-corrected chi connectivity index (χ0v) is 15.5. The van der Waals surface area contributed by atoms with Crippen molar-refractivity contribution in [3.8, 4) is 5.75 Å². The van der Waals surface area contributed by atoms with Crippen LogP contribution in [0, 0.1) is 5.92 Å². The van der Waals surface area contributed by atoms with Gasteiger partial charge < -0.3 is 19.9 Å². The van der Waals surface area contributed by atoms with Gasteiger partial charge in [-0.15, -0.1) is 0 Å². The van der Waals surface area contributed by atoms with Crippen LogP contribution in [0.5, 0.6) is 5.75 Å². The average Bonchev–Trinajstić information content (AvgIpc) is 2.63. The molecule has 1 aromatic heterocycles. The van der Waals surface area contributed by atoms with E-state index in [2.05, 4.69) is 27.0 Å². The monoisotopic (exact) mass is 378 g/mol. The van der Waals surface area contributed by atoms with E-state index in [1.54, 1.807) is 30.1 Å². The molecule has 6 nitrogen and oxygen atoms in total. The molecular formula is C19H24F2N4O2. The van der Waals surface area contributed by atoms with E-state index in [1.165, 1.54) is 12.3 Å². The fourth-order valence-electron chi connectivity index (χ4n) is 3.55. The van der Waals surface area contributed by atoms with E-state index in [0.717, 1.165) is 25.9 Å². The number of piperidine rings is 1. The lowest BCUT2D eigenvalue weighted by Crippen LogP contribution is -2.41. The van der Waals surface area contributed by atoms with Gasteiger partial charge in [0.05, 0.1) is 5.69 Å². The van der Waals surface area contributed by atoms with Crippen LogP contribution >= 0.6 is 0 Å². The van der Waals surface area contributed by atoms with E-state index in [-0.39, 0.29) is 17.3 Å². The Labute approximate surface area is 157 Å². The van der Waals surface area contributed by atoms with Crippen molar-refractivity contribution < 1.29 is 18.3 Å². The lowest BCUT2D eigenvalue weighted by molar-refractivity contribution is -0.0489. The van der Waals surface area contributed by atoms with Crippen molar-refractivity contribution >= 4 is 22.6 Å². The number of hydrogen-bond donors (Lipinski definition) is 1. The van der Waals surface area contributed by atoms with Gasteiger partial charge in [0, 0.05) is 31.7 Å². The first kappa shape index (κ1) is 19.3. The molecule has 8 heteroatoms. The number of benzene rings is 1. The maximum absolute atomic E-state index is 12.6. The highest BCUT2D eigenvalue weighted by molar-refractivity contribution is 6.02. The van der Waals surface area contributed by atoms with Gasteiger partial charge in [0.2, 0.25) is 0 Å². The number of pyridine rings is 1. The molecule has 0 aliphatic carbocycles. The standard InChI is InChI=1S/C19H24F2N4O2/c1-24-10-4-5-13(11-24)12-25(2)19(26)23-15-7-8-16(27-18(20)21)17-14(15)6-3-9-22-17/h3,6-9,13,18H,4-5,10-12H2,1-2H3,(H,23,26). The Hall–Kier alpha value is -2.48. The van der Waals surface area contributed by atoms with Crippen molar-refractivity contribution in [2.45, 2.75) is 19.5 Å². The molecule has 2 amide bonds. The Morgan fingerprint density at radius 2 is 2.26 bits per heavy atom. The lowest BCUT2D eigenvalue weighted by Gasteiger charge is -2.32. The third kappa shape index (κ3) is 4.82. The molecule has 2 aromatic rings. The summed E-state index contributed by atoms with van der Waals surface area (Å²) in [6.07, 6.45) is 3.74. The quantitative estimate of drug-likeness (QED) is 0.863. The highest BCUT2D eigenvalue weighted by Crippen LogP contribution is 2.31. The topological polar surface area (TPSA) is 57.7 Å². The van der Waals surface area contributed by atoms with E-state index >= 15 is 0 Å². The second-order valence-corrected chi connectivity index (χ2v) is 6.97. The molecule has 2 heterocycles. The first-order chi connectivity index (χ1) is 12.9. The van der Waals surface area contributed by atoms with Crippen LogP contribution in [0.2, 0.25) is 0 Å². The zero-order valence-electron chi connectivity index (χ0n) is 15.5. The molecule has 1 unspecified atom stereocenters. The van der Waals surface area contributed by atoms with Crippen LogP contribution in [0.15, 0.2) is 30.5 Å². The predicted molar refractivity (Wildman–Crippen MR) is 100 cm³/mol. The first-order valence-corrected chi connectivity index (χ1v) is 8.97. The summed E-state index contributed by atoms with van der Waals surface area (Å²) >= 11 is 0. The minimum Gasteiger partial charge on any atom is -0.432 e. The van der Waals surface area contributed by atoms with Crippen molar-refractivity contribution in [2.24, 2.45) is 5.92 Å². The van der Waals surface area contributed by atoms with Gasteiger partial charge >= 0.3 is 12.6 Å². The smallest absolute Gasteiger partial charge is 0.387 e. The van der Waals surface area contributed by atoms with Gasteiger partial charge in [-0.3, -0.25) is 4.98 Å². The van der Waals surface area contributed by atoms with Crippen molar-refractivity contribution in [3.63, 3.8) is 0 Å². The number of nitrogens with one attached hydrogen (secondary N) is 1. The summed E-state index contributed by atoms with van der Waals surface area (Å²) < 4.78 is 29.7. The van der Waals surface area contributed by atoms with Crippen molar-refractivity contribution in [2.75, 3.05) is 39.0 Å². The van der Waals surface area contributed by atoms with Gasteiger partial charge in [-0.25, -0.2) is 4.79 Å². The molecule has 27 heavy (non-hydrogen) atoms. The highest BCUT2D eigenvalue weighted by Gasteiger charge is 2.21. The molecule has 1 aromatic carbocycles. The molecule has 1 aliphatic rings. The summed E-state index contributed by atoms with van der Waals surface area (Å²) in [5.74, 6) is 0.428. The number of anilines is 1. The maximum atomic E-state index is 12.6. The number of aromatic nitrogens is 1. The minimum absolute atomic E-state index is 0.0165. The number of carbonyl (C=O) groups is 1. The van der Waals surface area contributed by atoms with Gasteiger partial charge in [0.25, 0.3) is 0 Å². The molecule has 0 saturated carbocycles. The lowest BCUT2D eigenvalue weighted by atomic mass is 9.98. The minimum atomic E-state index is -2.93. The number of carbonyl (C=O) groups excluding carboxylic acids is 1. The summed E-state index contributed by atoms with van der Waals surface area (Å²) in [6.45, 7) is -0.197. The third-order valence-electron chi connectivity index (χ3n) is 4.79. The summed E-state index contributed by atoms with van der Waals surface area (Å²) in [5, 5.41) is 3.41. The van der Waals surface area contributed by atoms with Crippen molar-refractivity contribution in [1.29, 1.82) is 0 Å². The number of likely N-dealkylation sites (tertiary alicyclic amines) is 1. The van der Waals surface area contributed by atoms with Crippen LogP contribution < -0.4 is 10.1 Å². The third-order valence-corrected chi connectivity index (χ3v) is 4.79. The van der Waals surface area contributed by atoms with E-state index in [1.807, 2.05) is 0 Å². The normalized spacial score (nSPS) is 17.9. The van der Waals surface area contributed by atoms with Crippen LogP contribution in [-0.2, 0) is 0 Å². The van der Waals surface area contributed by atoms with Gasteiger partial charge in [-0.2, -0.15) is 8.78 Å². The van der Waals surface area contributed by atoms with E-state index in [0.29, 0.717) is 23.5 Å². The Balaban J connectivity index is 1.73. The van der Waals surface area contributed by atoms with E-state index in [4.69, 9.17) is 0 Å². The number of ether oxygens (including phenoxy) is 1. The maximum Gasteiger partial charge on any atom is 0.387 e. The molecule has 1 saturated heterocycles. The average molecular weight is 378 g/mol. The van der Waals surface area contributed by atoms with Gasteiger partial charge in [-0.05, 0) is 56.6 Å². The molecule has 1 fully saturated rings. The molecule has 146 valence electrons. The summed E-state index contributed by atoms with van der Waals surface area (Å²) in [5.41, 5.74) is 0.796. The van der Waals surface area contributed by atoms with Crippen LogP contribution in [0.4, 0.5) is 19.3 Å². The summed E-state index contributed by atoms with van der Waals surface area (Å²) in [7, 11) is 3.85. The summed E-state index contributed by atoms with van der Waals surface area (Å²) in [4.78, 5) is 20.7. The van der Waals surface area contributed by atoms with E-state index < -0.39 is 6.61 Å². The Morgan fingerprint density at radius 1 is 1.44 bits per heavy atom. The molecular weight excluding hydrogens is 354 g/mol. The number of hydrogen-bond acceptors (Lipinski definition) is 4. The second kappa shape index (κ2) is 8.47. The number of urea groups is 1. The highest BCUT2D eigenvalue weighted by atomic mass is 19.3. The van der Waals surface area contributed by atoms with E-state index in [9.17, 15) is 13.6 Å². The van der Waals surface area contributed by atoms with Crippen molar-refractivity contribution in [1.82, 2.24) is 14.8 Å². The molecule has 0 bridgehead atoms. The Kier molecular flexibility index (Phi) is 6.05. The second-order valence-electron chi connectivity index (χ2n) is 6.97. The number of amides is 2. The van der Waals surface area contributed by atoms with Crippen LogP contribution in [0.3, 0.4) is 0 Å². The largest absolute Gasteiger partial charge is 0.432 e. The number of nitrogens with zero attached hydrogens (tertiary/aromatic N) is 3. The predicted octanol–water partition coefficient (Wildman–Crippen LogP) is 3.64. The SMILES string of the molecule is CN1CCCC(CN(C)C(=O)Nc2ccc(OC(F)F)c3ncccc23)C1. The number of fused-ring (bicyclic) bond motifs is 1. The van der Waals surface area contributed by atoms with Gasteiger partial charge in [0.1, 0.15) is 5.52 Å². The molecule has 1 atom stereocenters. The molecule has 1 N–H and O–H groups in total. The molecule has 0 spiro atoms. The zero-order chi connectivity index (χ0) is 19.4. The first-order valence-electron chi connectivity index (χ1n) is 8.97. The summed E-state index contributed by atoms with van der Waals surface area (Å²) in [6, 6.07) is 6.11. The van der Waals surface area contributed by atoms with Crippen LogP contribution in [-0.4, -0.2) is 61.2 Å². The molecule has 1 aliphatic heterocycles. The number of halogens is 2. The fraction of sp³-hybridized carbons (Fsp3) is 0.474.